The van der Waals surface area contributed by atoms with E-state index in [2.05, 4.69) is 12.2 Å². The maximum atomic E-state index is 12.5. The van der Waals surface area contributed by atoms with Gasteiger partial charge in [-0.2, -0.15) is 0 Å². The number of carbonyl (C=O) groups excluding carboxylic acids is 2. The molecule has 0 spiro atoms. The highest BCUT2D eigenvalue weighted by molar-refractivity contribution is 5.80. The minimum atomic E-state index is 0.0565. The van der Waals surface area contributed by atoms with E-state index in [0.717, 1.165) is 19.3 Å². The molecule has 3 amide bonds. The number of piperidine rings is 1. The van der Waals surface area contributed by atoms with Crippen LogP contribution >= 0.6 is 0 Å². The number of morpholine rings is 1. The molecule has 0 bridgehead atoms. The van der Waals surface area contributed by atoms with Gasteiger partial charge >= 0.3 is 6.03 Å². The summed E-state index contributed by atoms with van der Waals surface area (Å²) in [5.41, 5.74) is 0. The van der Waals surface area contributed by atoms with Gasteiger partial charge in [-0.1, -0.05) is 13.3 Å². The van der Waals surface area contributed by atoms with Crippen LogP contribution in [0.2, 0.25) is 0 Å². The first-order valence-electron chi connectivity index (χ1n) is 9.07. The maximum absolute atomic E-state index is 12.5. The van der Waals surface area contributed by atoms with Crippen LogP contribution in [-0.2, 0) is 9.53 Å². The van der Waals surface area contributed by atoms with Crippen molar-refractivity contribution in [2.24, 2.45) is 11.8 Å². The zero-order valence-electron chi connectivity index (χ0n) is 14.1. The highest BCUT2D eigenvalue weighted by atomic mass is 16.5. The van der Waals surface area contributed by atoms with Gasteiger partial charge in [-0.3, -0.25) is 4.79 Å². The molecule has 3 rings (SSSR count). The average Bonchev–Trinajstić information content (AvgIpc) is 3.00. The van der Waals surface area contributed by atoms with Gasteiger partial charge in [0.05, 0.1) is 13.2 Å². The minimum absolute atomic E-state index is 0.0565. The fourth-order valence-corrected chi connectivity index (χ4v) is 3.98. The van der Waals surface area contributed by atoms with Crippen LogP contribution in [-0.4, -0.2) is 67.2 Å². The fraction of sp³-hybridized carbons (Fsp3) is 0.882. The number of ether oxygens (including phenoxy) is 1. The maximum Gasteiger partial charge on any atom is 0.317 e. The zero-order chi connectivity index (χ0) is 16.2. The van der Waals surface area contributed by atoms with E-state index in [1.807, 2.05) is 9.80 Å². The molecule has 3 aliphatic rings. The predicted molar refractivity (Wildman–Crippen MR) is 87.0 cm³/mol. The van der Waals surface area contributed by atoms with Crippen LogP contribution in [0.15, 0.2) is 0 Å². The lowest BCUT2D eigenvalue weighted by molar-refractivity contribution is -0.141. The van der Waals surface area contributed by atoms with Gasteiger partial charge in [0, 0.05) is 38.1 Å². The van der Waals surface area contributed by atoms with Crippen molar-refractivity contribution in [1.82, 2.24) is 15.1 Å². The molecule has 1 saturated carbocycles. The highest BCUT2D eigenvalue weighted by Gasteiger charge is 2.32. The Morgan fingerprint density at radius 2 is 1.65 bits per heavy atom. The van der Waals surface area contributed by atoms with Crippen molar-refractivity contribution < 1.29 is 14.3 Å². The monoisotopic (exact) mass is 323 g/mol. The molecular formula is C17H29N3O3. The highest BCUT2D eigenvalue weighted by Crippen LogP contribution is 2.26. The van der Waals surface area contributed by atoms with Gasteiger partial charge in [-0.15, -0.1) is 0 Å². The Hall–Kier alpha value is -1.30. The molecule has 2 atom stereocenters. The Kier molecular flexibility index (Phi) is 5.41. The van der Waals surface area contributed by atoms with Crippen molar-refractivity contribution in [3.05, 3.63) is 0 Å². The summed E-state index contributed by atoms with van der Waals surface area (Å²) in [5, 5.41) is 3.18. The first-order chi connectivity index (χ1) is 11.1. The average molecular weight is 323 g/mol. The topological polar surface area (TPSA) is 61.9 Å². The molecule has 0 radical (unpaired) electrons. The van der Waals surface area contributed by atoms with E-state index in [0.29, 0.717) is 51.4 Å². The van der Waals surface area contributed by atoms with Gasteiger partial charge in [0.25, 0.3) is 0 Å². The van der Waals surface area contributed by atoms with Crippen molar-refractivity contribution >= 4 is 11.9 Å². The van der Waals surface area contributed by atoms with E-state index < -0.39 is 0 Å². The van der Waals surface area contributed by atoms with Crippen LogP contribution in [0, 0.1) is 11.8 Å². The Labute approximate surface area is 138 Å². The standard InChI is InChI=1S/C17H29N3O3/c1-13-3-2-4-15(13)18-17(22)20-7-5-14(6-8-20)16(21)19-9-11-23-12-10-19/h13-15H,2-12H2,1H3,(H,18,22). The van der Waals surface area contributed by atoms with Crippen molar-refractivity contribution in [2.75, 3.05) is 39.4 Å². The molecule has 23 heavy (non-hydrogen) atoms. The van der Waals surface area contributed by atoms with Crippen LogP contribution in [0.5, 0.6) is 0 Å². The molecule has 3 fully saturated rings. The van der Waals surface area contributed by atoms with E-state index >= 15 is 0 Å². The van der Waals surface area contributed by atoms with Crippen LogP contribution in [0.4, 0.5) is 4.79 Å². The third-order valence-electron chi connectivity index (χ3n) is 5.62. The molecule has 0 aromatic heterocycles. The van der Waals surface area contributed by atoms with Crippen LogP contribution in [0.25, 0.3) is 0 Å². The number of rotatable bonds is 2. The van der Waals surface area contributed by atoms with E-state index in [9.17, 15) is 9.59 Å². The number of nitrogens with one attached hydrogen (secondary N) is 1. The Balaban J connectivity index is 1.44. The number of urea groups is 1. The molecule has 2 saturated heterocycles. The summed E-state index contributed by atoms with van der Waals surface area (Å²) in [5.74, 6) is 0.903. The molecule has 2 aliphatic heterocycles. The largest absolute Gasteiger partial charge is 0.378 e. The van der Waals surface area contributed by atoms with Gasteiger partial charge in [0.2, 0.25) is 5.91 Å². The molecule has 0 aromatic carbocycles. The fourth-order valence-electron chi connectivity index (χ4n) is 3.98. The quantitative estimate of drug-likeness (QED) is 0.837. The summed E-state index contributed by atoms with van der Waals surface area (Å²) < 4.78 is 5.30. The van der Waals surface area contributed by atoms with E-state index in [-0.39, 0.29) is 17.9 Å². The van der Waals surface area contributed by atoms with Crippen molar-refractivity contribution in [3.63, 3.8) is 0 Å². The second-order valence-corrected chi connectivity index (χ2v) is 7.16. The number of likely N-dealkylation sites (tertiary alicyclic amines) is 1. The molecule has 0 aromatic rings. The van der Waals surface area contributed by atoms with Crippen molar-refractivity contribution in [3.8, 4) is 0 Å². The number of carbonyl (C=O) groups is 2. The lowest BCUT2D eigenvalue weighted by Crippen LogP contribution is -2.51. The first-order valence-corrected chi connectivity index (χ1v) is 9.07. The lowest BCUT2D eigenvalue weighted by Gasteiger charge is -2.36. The second-order valence-electron chi connectivity index (χ2n) is 7.16. The summed E-state index contributed by atoms with van der Waals surface area (Å²) in [6, 6.07) is 0.385. The molecule has 6 heteroatoms. The summed E-state index contributed by atoms with van der Waals surface area (Å²) in [7, 11) is 0. The van der Waals surface area contributed by atoms with Crippen molar-refractivity contribution in [2.45, 2.75) is 45.1 Å². The SMILES string of the molecule is CC1CCCC1NC(=O)N1CCC(C(=O)N2CCOCC2)CC1. The molecule has 2 heterocycles. The number of hydrogen-bond donors (Lipinski definition) is 1. The molecule has 1 N–H and O–H groups in total. The van der Waals surface area contributed by atoms with Gasteiger partial charge < -0.3 is 19.9 Å². The van der Waals surface area contributed by atoms with E-state index in [1.165, 1.54) is 12.8 Å². The molecule has 6 nitrogen and oxygen atoms in total. The Morgan fingerprint density at radius 1 is 0.957 bits per heavy atom. The van der Waals surface area contributed by atoms with Gasteiger partial charge in [-0.05, 0) is 31.6 Å². The zero-order valence-corrected chi connectivity index (χ0v) is 14.1. The minimum Gasteiger partial charge on any atom is -0.378 e. The molecule has 130 valence electrons. The third kappa shape index (κ3) is 3.97. The first kappa shape index (κ1) is 16.6. The Morgan fingerprint density at radius 3 is 2.26 bits per heavy atom. The predicted octanol–water partition coefficient (Wildman–Crippen LogP) is 1.46. The summed E-state index contributed by atoms with van der Waals surface area (Å²) >= 11 is 0. The van der Waals surface area contributed by atoms with E-state index in [4.69, 9.17) is 4.74 Å². The van der Waals surface area contributed by atoms with Crippen LogP contribution < -0.4 is 5.32 Å². The smallest absolute Gasteiger partial charge is 0.317 e. The number of nitrogens with zero attached hydrogens (tertiary/aromatic N) is 2. The Bertz CT molecular complexity index is 429. The molecular weight excluding hydrogens is 294 g/mol. The third-order valence-corrected chi connectivity index (χ3v) is 5.62. The summed E-state index contributed by atoms with van der Waals surface area (Å²) in [4.78, 5) is 28.7. The van der Waals surface area contributed by atoms with Gasteiger partial charge in [-0.25, -0.2) is 4.79 Å². The molecule has 1 aliphatic carbocycles. The normalized spacial score (nSPS) is 29.6. The number of amides is 3. The molecule has 2 unspecified atom stereocenters. The summed E-state index contributed by atoms with van der Waals surface area (Å²) in [6.07, 6.45) is 5.08. The summed E-state index contributed by atoms with van der Waals surface area (Å²) in [6.45, 7) is 6.30. The van der Waals surface area contributed by atoms with E-state index in [1.54, 1.807) is 0 Å². The number of hydrogen-bond acceptors (Lipinski definition) is 3. The van der Waals surface area contributed by atoms with Gasteiger partial charge in [0.15, 0.2) is 0 Å². The van der Waals surface area contributed by atoms with Crippen LogP contribution in [0.3, 0.4) is 0 Å². The van der Waals surface area contributed by atoms with Crippen LogP contribution in [0.1, 0.15) is 39.0 Å². The lowest BCUT2D eigenvalue weighted by atomic mass is 9.95. The second kappa shape index (κ2) is 7.51. The van der Waals surface area contributed by atoms with Gasteiger partial charge in [0.1, 0.15) is 0 Å². The van der Waals surface area contributed by atoms with Crippen molar-refractivity contribution in [1.29, 1.82) is 0 Å².